The molecule has 3 heterocycles. The van der Waals surface area contributed by atoms with Gasteiger partial charge in [-0.3, -0.25) is 10.2 Å². The van der Waals surface area contributed by atoms with E-state index in [-0.39, 0.29) is 24.1 Å². The van der Waals surface area contributed by atoms with Crippen LogP contribution in [0.25, 0.3) is 21.5 Å². The smallest absolute Gasteiger partial charge is 0.358 e. The second kappa shape index (κ2) is 13.3. The maximum atomic E-state index is 13.4. The lowest BCUT2D eigenvalue weighted by atomic mass is 9.98. The number of carbonyl (C=O) groups excluding carboxylic acids is 1. The van der Waals surface area contributed by atoms with Crippen molar-refractivity contribution in [3.63, 3.8) is 0 Å². The van der Waals surface area contributed by atoms with Crippen molar-refractivity contribution in [3.05, 3.63) is 90.1 Å². The summed E-state index contributed by atoms with van der Waals surface area (Å²) in [5.74, 6) is -0.194. The summed E-state index contributed by atoms with van der Waals surface area (Å²) >= 11 is 1.43. The fourth-order valence-corrected chi connectivity index (χ4v) is 6.64. The number of hydrogen-bond acceptors (Lipinski definition) is 8. The Labute approximate surface area is 276 Å². The van der Waals surface area contributed by atoms with Gasteiger partial charge in [-0.2, -0.15) is 0 Å². The molecule has 0 unspecified atom stereocenters. The van der Waals surface area contributed by atoms with Gasteiger partial charge in [-0.25, -0.2) is 19.6 Å². The molecule has 2 amide bonds. The largest absolute Gasteiger partial charge is 0.493 e. The molecular weight excluding hydrogens is 614 g/mol. The molecule has 0 radical (unpaired) electrons. The van der Waals surface area contributed by atoms with Gasteiger partial charge in [0, 0.05) is 43.0 Å². The van der Waals surface area contributed by atoms with Crippen molar-refractivity contribution in [2.24, 2.45) is 0 Å². The van der Waals surface area contributed by atoms with Gasteiger partial charge in [0.1, 0.15) is 5.75 Å². The molecule has 240 valence electrons. The van der Waals surface area contributed by atoms with Crippen LogP contribution in [-0.2, 0) is 6.42 Å². The molecule has 2 aliphatic rings. The van der Waals surface area contributed by atoms with Crippen LogP contribution in [0.2, 0.25) is 0 Å². The number of carbonyl (C=O) groups is 2. The molecule has 47 heavy (non-hydrogen) atoms. The molecule has 5 aromatic rings. The van der Waals surface area contributed by atoms with Crippen LogP contribution in [-0.4, -0.2) is 59.9 Å². The molecule has 0 saturated heterocycles. The summed E-state index contributed by atoms with van der Waals surface area (Å²) in [6.07, 6.45) is 4.74. The highest BCUT2D eigenvalue weighted by atomic mass is 32.1. The Morgan fingerprint density at radius 3 is 2.60 bits per heavy atom. The summed E-state index contributed by atoms with van der Waals surface area (Å²) in [7, 11) is 2.12. The molecule has 11 heteroatoms. The quantitative estimate of drug-likeness (QED) is 0.141. The number of anilines is 3. The molecule has 7 rings (SSSR count). The van der Waals surface area contributed by atoms with Crippen LogP contribution in [0.15, 0.2) is 78.9 Å². The number of fused-ring (bicyclic) bond motifs is 2. The first-order valence-corrected chi connectivity index (χ1v) is 16.6. The number of ether oxygens (including phenoxy) is 2. The van der Waals surface area contributed by atoms with Crippen LogP contribution >= 0.6 is 11.3 Å². The number of nitrogens with one attached hydrogen (secondary N) is 1. The second-order valence-corrected chi connectivity index (χ2v) is 12.8. The number of urea groups is 1. The minimum atomic E-state index is -1.18. The van der Waals surface area contributed by atoms with Crippen LogP contribution in [0.1, 0.15) is 41.7 Å². The van der Waals surface area contributed by atoms with Gasteiger partial charge in [-0.05, 0) is 85.8 Å². The molecule has 3 aromatic carbocycles. The number of hydrogen-bond donors (Lipinski definition) is 2. The number of carboxylic acids is 1. The molecule has 2 N–H and O–H groups in total. The first-order valence-electron chi connectivity index (χ1n) is 15.8. The third-order valence-corrected chi connectivity index (χ3v) is 9.42. The van der Waals surface area contributed by atoms with Gasteiger partial charge in [0.25, 0.3) is 0 Å². The fourth-order valence-electron chi connectivity index (χ4n) is 5.79. The van der Waals surface area contributed by atoms with Crippen molar-refractivity contribution >= 4 is 50.1 Å². The normalized spacial score (nSPS) is 14.0. The first kappa shape index (κ1) is 30.5. The summed E-state index contributed by atoms with van der Waals surface area (Å²) in [6.45, 7) is 1.27. The SMILES string of the molecule is CN(c1ccc(OCCCOc2ccc(-c3ccc4c(c3)N(C(=O)Nc3nc5ccccc5s3)CCC4)nc2C(=O)O)cc1)C1CC1. The van der Waals surface area contributed by atoms with E-state index >= 15 is 0 Å². The van der Waals surface area contributed by atoms with Gasteiger partial charge in [0.15, 0.2) is 16.6 Å². The average Bonchev–Trinajstić information content (AvgIpc) is 3.87. The number of carboxylic acid groups (broad SMARTS) is 1. The highest BCUT2D eigenvalue weighted by molar-refractivity contribution is 7.22. The van der Waals surface area contributed by atoms with Crippen LogP contribution in [0, 0.1) is 0 Å². The van der Waals surface area contributed by atoms with Crippen LogP contribution < -0.4 is 24.6 Å². The molecule has 0 spiro atoms. The number of aromatic carboxylic acids is 1. The number of aromatic nitrogens is 2. The van der Waals surface area contributed by atoms with E-state index in [9.17, 15) is 14.7 Å². The number of amides is 2. The topological polar surface area (TPSA) is 117 Å². The van der Waals surface area contributed by atoms with Crippen molar-refractivity contribution in [2.75, 3.05) is 41.9 Å². The van der Waals surface area contributed by atoms with Crippen molar-refractivity contribution in [2.45, 2.75) is 38.1 Å². The second-order valence-electron chi connectivity index (χ2n) is 11.8. The number of benzene rings is 3. The fraction of sp³-hybridized carbons (Fsp3) is 0.278. The van der Waals surface area contributed by atoms with Gasteiger partial charge in [0.2, 0.25) is 0 Å². The van der Waals surface area contributed by atoms with Crippen molar-refractivity contribution in [3.8, 4) is 22.8 Å². The monoisotopic (exact) mass is 649 g/mol. The number of para-hydroxylation sites is 1. The van der Waals surface area contributed by atoms with Gasteiger partial charge in [0.05, 0.1) is 29.1 Å². The predicted octanol–water partition coefficient (Wildman–Crippen LogP) is 7.49. The summed E-state index contributed by atoms with van der Waals surface area (Å²) in [5, 5.41) is 13.4. The Balaban J connectivity index is 0.992. The van der Waals surface area contributed by atoms with Crippen molar-refractivity contribution in [1.82, 2.24) is 9.97 Å². The lowest BCUT2D eigenvalue weighted by Gasteiger charge is -2.29. The summed E-state index contributed by atoms with van der Waals surface area (Å²) in [6, 6.07) is 25.4. The Bertz CT molecular complexity index is 1890. The van der Waals surface area contributed by atoms with E-state index in [1.54, 1.807) is 17.0 Å². The summed E-state index contributed by atoms with van der Waals surface area (Å²) < 4.78 is 12.7. The summed E-state index contributed by atoms with van der Waals surface area (Å²) in [5.41, 5.74) is 4.86. The van der Waals surface area contributed by atoms with Gasteiger partial charge >= 0.3 is 12.0 Å². The Kier molecular flexibility index (Phi) is 8.62. The molecule has 1 fully saturated rings. The molecule has 10 nitrogen and oxygen atoms in total. The van der Waals surface area contributed by atoms with Gasteiger partial charge in [-0.1, -0.05) is 35.6 Å². The zero-order chi connectivity index (χ0) is 32.3. The average molecular weight is 650 g/mol. The molecule has 0 atom stereocenters. The first-order chi connectivity index (χ1) is 22.9. The van der Waals surface area contributed by atoms with E-state index in [2.05, 4.69) is 39.4 Å². The lowest BCUT2D eigenvalue weighted by molar-refractivity contribution is 0.0685. The molecule has 1 aliphatic heterocycles. The highest BCUT2D eigenvalue weighted by Crippen LogP contribution is 2.34. The minimum absolute atomic E-state index is 0.165. The van der Waals surface area contributed by atoms with Gasteiger partial charge < -0.3 is 19.5 Å². The van der Waals surface area contributed by atoms with Gasteiger partial charge in [-0.15, -0.1) is 0 Å². The maximum absolute atomic E-state index is 13.4. The van der Waals surface area contributed by atoms with Crippen molar-refractivity contribution < 1.29 is 24.2 Å². The van der Waals surface area contributed by atoms with Crippen LogP contribution in [0.4, 0.5) is 21.3 Å². The predicted molar refractivity (Wildman–Crippen MR) is 184 cm³/mol. The number of aryl methyl sites for hydroxylation is 1. The number of thiazole rings is 1. The molecule has 2 aromatic heterocycles. The van der Waals surface area contributed by atoms with E-state index in [0.717, 1.165) is 40.1 Å². The van der Waals surface area contributed by atoms with E-state index in [1.807, 2.05) is 54.6 Å². The minimum Gasteiger partial charge on any atom is -0.493 e. The molecular formula is C36H35N5O5S. The Hall–Kier alpha value is -5.16. The van der Waals surface area contributed by atoms with E-state index < -0.39 is 5.97 Å². The van der Waals surface area contributed by atoms with E-state index in [1.165, 1.54) is 29.9 Å². The number of rotatable bonds is 11. The zero-order valence-electron chi connectivity index (χ0n) is 26.0. The van der Waals surface area contributed by atoms with Crippen molar-refractivity contribution in [1.29, 1.82) is 0 Å². The standard InChI is InChI=1S/C36H35N5O5S/c1-40(25-11-12-25)26-13-15-27(16-14-26)45-20-5-21-46-31-18-17-28(37-33(31)34(42)43)24-10-9-23-6-4-19-41(30(23)22-24)36(44)39-35-38-29-7-2-3-8-32(29)47-35/h2-3,7-10,13-18,22,25H,4-6,11-12,19-21H2,1H3,(H,42,43)(H,38,39,44). The third kappa shape index (κ3) is 6.85. The Morgan fingerprint density at radius 1 is 1.00 bits per heavy atom. The molecule has 1 saturated carbocycles. The summed E-state index contributed by atoms with van der Waals surface area (Å²) in [4.78, 5) is 38.6. The number of nitrogens with zero attached hydrogens (tertiary/aromatic N) is 4. The zero-order valence-corrected chi connectivity index (χ0v) is 26.8. The maximum Gasteiger partial charge on any atom is 0.358 e. The third-order valence-electron chi connectivity index (χ3n) is 8.47. The van der Waals surface area contributed by atoms with E-state index in [4.69, 9.17) is 9.47 Å². The number of pyridine rings is 1. The van der Waals surface area contributed by atoms with E-state index in [0.29, 0.717) is 42.0 Å². The molecule has 0 bridgehead atoms. The lowest BCUT2D eigenvalue weighted by Crippen LogP contribution is -2.38. The van der Waals surface area contributed by atoms with Crippen LogP contribution in [0.3, 0.4) is 0 Å². The van der Waals surface area contributed by atoms with Crippen LogP contribution in [0.5, 0.6) is 11.5 Å². The Morgan fingerprint density at radius 2 is 1.81 bits per heavy atom. The highest BCUT2D eigenvalue weighted by Gasteiger charge is 2.27. The molecule has 1 aliphatic carbocycles.